The molecule has 0 aromatic heterocycles. The van der Waals surface area contributed by atoms with Crippen LogP contribution in [0.15, 0.2) is 18.2 Å². The molecule has 2 N–H and O–H groups in total. The van der Waals surface area contributed by atoms with Crippen LogP contribution in [0, 0.1) is 17.0 Å². The van der Waals surface area contributed by atoms with Gasteiger partial charge in [-0.2, -0.15) is 0 Å². The molecular weight excluding hydrogens is 256 g/mol. The zero-order valence-corrected chi connectivity index (χ0v) is 10.8. The average molecular weight is 271 g/mol. The lowest BCUT2D eigenvalue weighted by molar-refractivity contribution is -0.142. The highest BCUT2D eigenvalue weighted by Gasteiger charge is 2.33. The topological polar surface area (TPSA) is 66.4 Å². The van der Waals surface area contributed by atoms with Gasteiger partial charge in [0, 0.05) is 0 Å². The van der Waals surface area contributed by atoms with Crippen LogP contribution in [0.1, 0.15) is 31.1 Å². The maximum absolute atomic E-state index is 13.4. The molecule has 0 saturated carbocycles. The van der Waals surface area contributed by atoms with Crippen LogP contribution >= 0.6 is 0 Å². The highest BCUT2D eigenvalue weighted by molar-refractivity contribution is 5.97. The van der Waals surface area contributed by atoms with Gasteiger partial charge in [-0.15, -0.1) is 0 Å². The lowest BCUT2D eigenvalue weighted by Gasteiger charge is -2.27. The number of halogens is 2. The summed E-state index contributed by atoms with van der Waals surface area (Å²) in [6.07, 6.45) is 0. The fourth-order valence-electron chi connectivity index (χ4n) is 1.57. The van der Waals surface area contributed by atoms with Crippen LogP contribution in [0.25, 0.3) is 0 Å². The van der Waals surface area contributed by atoms with Gasteiger partial charge in [-0.1, -0.05) is 26.8 Å². The Balaban J connectivity index is 3.05. The Morgan fingerprint density at radius 3 is 2.05 bits per heavy atom. The third kappa shape index (κ3) is 3.49. The largest absolute Gasteiger partial charge is 0.480 e. The molecule has 1 rings (SSSR count). The molecule has 1 aromatic rings. The smallest absolute Gasteiger partial charge is 0.326 e. The lowest BCUT2D eigenvalue weighted by Crippen LogP contribution is -2.49. The van der Waals surface area contributed by atoms with E-state index in [1.807, 2.05) is 0 Å². The van der Waals surface area contributed by atoms with E-state index in [9.17, 15) is 18.4 Å². The molecule has 1 aromatic carbocycles. The summed E-state index contributed by atoms with van der Waals surface area (Å²) < 4.78 is 26.8. The number of nitrogens with one attached hydrogen (secondary N) is 1. The molecule has 104 valence electrons. The molecule has 0 unspecified atom stereocenters. The number of rotatable bonds is 3. The van der Waals surface area contributed by atoms with Gasteiger partial charge in [0.1, 0.15) is 23.2 Å². The van der Waals surface area contributed by atoms with E-state index in [1.165, 1.54) is 0 Å². The number of carboxylic acids is 1. The number of hydrogen-bond acceptors (Lipinski definition) is 2. The van der Waals surface area contributed by atoms with Crippen molar-refractivity contribution in [2.45, 2.75) is 26.8 Å². The summed E-state index contributed by atoms with van der Waals surface area (Å²) in [6, 6.07) is 1.74. The zero-order chi connectivity index (χ0) is 14.8. The first kappa shape index (κ1) is 15.1. The summed E-state index contributed by atoms with van der Waals surface area (Å²) in [5, 5.41) is 11.2. The molecule has 4 nitrogen and oxygen atoms in total. The molecule has 0 bridgehead atoms. The van der Waals surface area contributed by atoms with E-state index < -0.39 is 40.5 Å². The number of aliphatic carboxylic acids is 1. The van der Waals surface area contributed by atoms with Crippen LogP contribution in [0.4, 0.5) is 8.78 Å². The van der Waals surface area contributed by atoms with Crippen LogP contribution in [-0.2, 0) is 4.79 Å². The van der Waals surface area contributed by atoms with Crippen molar-refractivity contribution in [3.8, 4) is 0 Å². The van der Waals surface area contributed by atoms with E-state index in [0.29, 0.717) is 0 Å². The molecule has 0 spiro atoms. The standard InChI is InChI=1S/C13H15F2NO3/c1-13(2,3)10(12(18)19)16-11(17)9-7(14)5-4-6-8(9)15/h4-6,10H,1-3H3,(H,16,17)(H,18,19)/t10-/m0/s1. The van der Waals surface area contributed by atoms with Gasteiger partial charge >= 0.3 is 5.97 Å². The zero-order valence-electron chi connectivity index (χ0n) is 10.8. The Morgan fingerprint density at radius 2 is 1.68 bits per heavy atom. The molecule has 0 fully saturated rings. The van der Waals surface area contributed by atoms with Gasteiger partial charge in [0.05, 0.1) is 0 Å². The summed E-state index contributed by atoms with van der Waals surface area (Å²) in [7, 11) is 0. The van der Waals surface area contributed by atoms with Gasteiger partial charge in [-0.3, -0.25) is 4.79 Å². The van der Waals surface area contributed by atoms with Gasteiger partial charge in [0.25, 0.3) is 5.91 Å². The summed E-state index contributed by atoms with van der Waals surface area (Å²) in [6.45, 7) is 4.80. The van der Waals surface area contributed by atoms with E-state index in [1.54, 1.807) is 20.8 Å². The van der Waals surface area contributed by atoms with Gasteiger partial charge in [-0.05, 0) is 17.5 Å². The molecule has 0 aliphatic carbocycles. The van der Waals surface area contributed by atoms with E-state index in [4.69, 9.17) is 5.11 Å². The third-order valence-corrected chi connectivity index (χ3v) is 2.58. The summed E-state index contributed by atoms with van der Waals surface area (Å²) >= 11 is 0. The van der Waals surface area contributed by atoms with Crippen LogP contribution in [0.2, 0.25) is 0 Å². The minimum absolute atomic E-state index is 0.780. The molecular formula is C13H15F2NO3. The van der Waals surface area contributed by atoms with Crippen molar-refractivity contribution >= 4 is 11.9 Å². The number of benzene rings is 1. The van der Waals surface area contributed by atoms with Crippen molar-refractivity contribution in [1.29, 1.82) is 0 Å². The Bertz CT molecular complexity index is 489. The molecule has 0 aliphatic rings. The van der Waals surface area contributed by atoms with Crippen LogP contribution < -0.4 is 5.32 Å². The molecule has 19 heavy (non-hydrogen) atoms. The first-order valence-electron chi connectivity index (χ1n) is 5.62. The third-order valence-electron chi connectivity index (χ3n) is 2.58. The van der Waals surface area contributed by atoms with Crippen LogP contribution in [0.3, 0.4) is 0 Å². The van der Waals surface area contributed by atoms with Gasteiger partial charge in [0.15, 0.2) is 0 Å². The maximum Gasteiger partial charge on any atom is 0.326 e. The first-order valence-corrected chi connectivity index (χ1v) is 5.62. The second-order valence-electron chi connectivity index (χ2n) is 5.21. The van der Waals surface area contributed by atoms with E-state index in [2.05, 4.69) is 5.32 Å². The predicted octanol–water partition coefficient (Wildman–Crippen LogP) is 2.19. The van der Waals surface area contributed by atoms with Crippen molar-refractivity contribution in [1.82, 2.24) is 5.32 Å². The van der Waals surface area contributed by atoms with Crippen LogP contribution in [-0.4, -0.2) is 23.0 Å². The van der Waals surface area contributed by atoms with Gasteiger partial charge in [0.2, 0.25) is 0 Å². The Hall–Kier alpha value is -1.98. The van der Waals surface area contributed by atoms with Gasteiger partial charge < -0.3 is 10.4 Å². The second kappa shape index (κ2) is 5.34. The van der Waals surface area contributed by atoms with Crippen molar-refractivity contribution in [3.05, 3.63) is 35.4 Å². The Kier molecular flexibility index (Phi) is 4.24. The fourth-order valence-corrected chi connectivity index (χ4v) is 1.57. The van der Waals surface area contributed by atoms with Crippen molar-refractivity contribution < 1.29 is 23.5 Å². The number of carboxylic acid groups (broad SMARTS) is 1. The van der Waals surface area contributed by atoms with E-state index in [-0.39, 0.29) is 0 Å². The number of amides is 1. The minimum Gasteiger partial charge on any atom is -0.480 e. The average Bonchev–Trinajstić information content (AvgIpc) is 2.23. The molecule has 0 radical (unpaired) electrons. The monoisotopic (exact) mass is 271 g/mol. The quantitative estimate of drug-likeness (QED) is 0.885. The second-order valence-corrected chi connectivity index (χ2v) is 5.21. The maximum atomic E-state index is 13.4. The molecule has 0 heterocycles. The Labute approximate surface area is 109 Å². The number of hydrogen-bond donors (Lipinski definition) is 2. The number of carbonyl (C=O) groups excluding carboxylic acids is 1. The Morgan fingerprint density at radius 1 is 1.21 bits per heavy atom. The van der Waals surface area contributed by atoms with Crippen LogP contribution in [0.5, 0.6) is 0 Å². The minimum atomic E-state index is -1.27. The summed E-state index contributed by atoms with van der Waals surface area (Å²) in [4.78, 5) is 22.9. The lowest BCUT2D eigenvalue weighted by atomic mass is 9.86. The van der Waals surface area contributed by atoms with Gasteiger partial charge in [-0.25, -0.2) is 13.6 Å². The van der Waals surface area contributed by atoms with Crippen molar-refractivity contribution in [3.63, 3.8) is 0 Å². The van der Waals surface area contributed by atoms with Crippen molar-refractivity contribution in [2.24, 2.45) is 5.41 Å². The van der Waals surface area contributed by atoms with E-state index >= 15 is 0 Å². The molecule has 0 aliphatic heterocycles. The van der Waals surface area contributed by atoms with E-state index in [0.717, 1.165) is 18.2 Å². The fraction of sp³-hybridized carbons (Fsp3) is 0.385. The first-order chi connectivity index (χ1) is 8.64. The molecule has 1 amide bonds. The highest BCUT2D eigenvalue weighted by Crippen LogP contribution is 2.20. The summed E-state index contributed by atoms with van der Waals surface area (Å²) in [5.41, 5.74) is -1.57. The predicted molar refractivity (Wildman–Crippen MR) is 64.7 cm³/mol. The summed E-state index contributed by atoms with van der Waals surface area (Å²) in [5.74, 6) is -4.42. The van der Waals surface area contributed by atoms with Crippen molar-refractivity contribution in [2.75, 3.05) is 0 Å². The molecule has 6 heteroatoms. The molecule has 1 atom stereocenters. The molecule has 0 saturated heterocycles. The normalized spacial score (nSPS) is 12.9. The SMILES string of the molecule is CC(C)(C)[C@@H](NC(=O)c1c(F)cccc1F)C(=O)O. The number of carbonyl (C=O) groups is 2. The highest BCUT2D eigenvalue weighted by atomic mass is 19.1.